The summed E-state index contributed by atoms with van der Waals surface area (Å²) < 4.78 is 25.0. The first kappa shape index (κ1) is 13.5. The lowest BCUT2D eigenvalue weighted by Crippen LogP contribution is -2.47. The Morgan fingerprint density at radius 3 is 2.89 bits per heavy atom. The Morgan fingerprint density at radius 1 is 1.61 bits per heavy atom. The van der Waals surface area contributed by atoms with Crippen molar-refractivity contribution in [3.8, 4) is 0 Å². The molecule has 0 aliphatic carbocycles. The molecule has 0 aromatic carbocycles. The molecule has 6 nitrogen and oxygen atoms in total. The van der Waals surface area contributed by atoms with E-state index in [1.165, 1.54) is 17.6 Å². The van der Waals surface area contributed by atoms with Crippen LogP contribution in [0.1, 0.15) is 12.6 Å². The van der Waals surface area contributed by atoms with Crippen molar-refractivity contribution < 1.29 is 8.42 Å². The number of nitrogens with two attached hydrogens (primary N) is 1. The van der Waals surface area contributed by atoms with Crippen LogP contribution in [0, 0.1) is 0 Å². The van der Waals surface area contributed by atoms with Crippen molar-refractivity contribution in [1.29, 1.82) is 0 Å². The largest absolute Gasteiger partial charge is 0.297 e. The van der Waals surface area contributed by atoms with Crippen LogP contribution in [0.2, 0.25) is 0 Å². The van der Waals surface area contributed by atoms with Crippen LogP contribution < -0.4 is 11.3 Å². The lowest BCUT2D eigenvalue weighted by Gasteiger charge is -2.20. The number of nitrogens with one attached hydrogen (secondary N) is 1. The van der Waals surface area contributed by atoms with Crippen molar-refractivity contribution in [1.82, 2.24) is 14.8 Å². The minimum absolute atomic E-state index is 0.343. The molecule has 2 rings (SSSR count). The summed E-state index contributed by atoms with van der Waals surface area (Å²) >= 11 is 1.54. The molecule has 0 amide bonds. The van der Waals surface area contributed by atoms with E-state index >= 15 is 0 Å². The number of hydrogen-bond donors (Lipinski definition) is 2. The Balaban J connectivity index is 2.18. The number of imidazole rings is 1. The second-order valence-corrected chi connectivity index (χ2v) is 7.61. The molecular formula is C10H16N4O2S2. The number of sulfone groups is 1. The summed E-state index contributed by atoms with van der Waals surface area (Å²) in [5, 5.41) is 1.39. The van der Waals surface area contributed by atoms with Crippen LogP contribution in [0.4, 0.5) is 0 Å². The van der Waals surface area contributed by atoms with Gasteiger partial charge in [-0.15, -0.1) is 11.3 Å². The minimum Gasteiger partial charge on any atom is -0.297 e. The quantitative estimate of drug-likeness (QED) is 0.606. The van der Waals surface area contributed by atoms with E-state index in [0.717, 1.165) is 10.7 Å². The maximum atomic E-state index is 11.5. The van der Waals surface area contributed by atoms with Crippen molar-refractivity contribution in [3.63, 3.8) is 0 Å². The van der Waals surface area contributed by atoms with Crippen LogP contribution in [0.3, 0.4) is 0 Å². The van der Waals surface area contributed by atoms with Crippen molar-refractivity contribution in [2.75, 3.05) is 6.26 Å². The van der Waals surface area contributed by atoms with Gasteiger partial charge >= 0.3 is 0 Å². The topological polar surface area (TPSA) is 89.5 Å². The second-order valence-electron chi connectivity index (χ2n) is 4.34. The molecule has 18 heavy (non-hydrogen) atoms. The average molecular weight is 288 g/mol. The van der Waals surface area contributed by atoms with Gasteiger partial charge in [-0.25, -0.2) is 13.4 Å². The molecule has 0 saturated heterocycles. The molecule has 0 aliphatic rings. The molecule has 2 heterocycles. The summed E-state index contributed by atoms with van der Waals surface area (Å²) in [5.41, 5.74) is 3.40. The normalized spacial score (nSPS) is 15.9. The molecule has 3 N–H and O–H groups in total. The Kier molecular flexibility index (Phi) is 3.71. The van der Waals surface area contributed by atoms with Gasteiger partial charge in [-0.1, -0.05) is 0 Å². The maximum absolute atomic E-state index is 11.5. The Hall–Kier alpha value is -0.960. The van der Waals surface area contributed by atoms with Crippen LogP contribution >= 0.6 is 11.3 Å². The lowest BCUT2D eigenvalue weighted by atomic mass is 10.1. The summed E-state index contributed by atoms with van der Waals surface area (Å²) in [6.07, 6.45) is 5.51. The van der Waals surface area contributed by atoms with E-state index in [4.69, 9.17) is 5.84 Å². The molecule has 100 valence electrons. The first-order valence-electron chi connectivity index (χ1n) is 5.48. The molecule has 0 fully saturated rings. The van der Waals surface area contributed by atoms with Crippen molar-refractivity contribution in [2.24, 2.45) is 5.84 Å². The molecule has 2 unspecified atom stereocenters. The number of fused-ring (bicyclic) bond motifs is 1. The van der Waals surface area contributed by atoms with E-state index in [0.29, 0.717) is 6.42 Å². The fraction of sp³-hybridized carbons (Fsp3) is 0.500. The Bertz CT molecular complexity index is 603. The zero-order valence-corrected chi connectivity index (χ0v) is 11.8. The van der Waals surface area contributed by atoms with E-state index in [9.17, 15) is 8.42 Å². The van der Waals surface area contributed by atoms with E-state index in [2.05, 4.69) is 10.4 Å². The standard InChI is InChI=1S/C10H16N4O2S2/c1-7(18(2,15)16)9(13-11)5-8-6-14-3-4-17-10(14)12-8/h3-4,6-7,9,13H,5,11H2,1-2H3. The summed E-state index contributed by atoms with van der Waals surface area (Å²) in [6.45, 7) is 1.65. The lowest BCUT2D eigenvalue weighted by molar-refractivity contribution is 0.491. The highest BCUT2D eigenvalue weighted by Gasteiger charge is 2.26. The average Bonchev–Trinajstić information content (AvgIpc) is 2.83. The molecule has 2 aromatic heterocycles. The Morgan fingerprint density at radius 2 is 2.33 bits per heavy atom. The van der Waals surface area contributed by atoms with Gasteiger partial charge in [0.1, 0.15) is 0 Å². The number of thiazole rings is 1. The maximum Gasteiger partial charge on any atom is 0.193 e. The van der Waals surface area contributed by atoms with Gasteiger partial charge in [0.25, 0.3) is 0 Å². The number of hydrogen-bond acceptors (Lipinski definition) is 6. The van der Waals surface area contributed by atoms with Crippen LogP contribution in [-0.4, -0.2) is 35.4 Å². The van der Waals surface area contributed by atoms with Crippen molar-refractivity contribution in [3.05, 3.63) is 23.5 Å². The van der Waals surface area contributed by atoms with Gasteiger partial charge in [0.05, 0.1) is 10.9 Å². The van der Waals surface area contributed by atoms with Gasteiger partial charge in [0.15, 0.2) is 14.8 Å². The van der Waals surface area contributed by atoms with Gasteiger partial charge in [-0.3, -0.25) is 15.7 Å². The van der Waals surface area contributed by atoms with E-state index < -0.39 is 15.1 Å². The van der Waals surface area contributed by atoms with Crippen LogP contribution in [0.25, 0.3) is 4.96 Å². The minimum atomic E-state index is -3.13. The number of aromatic nitrogens is 2. The number of rotatable bonds is 5. The van der Waals surface area contributed by atoms with E-state index in [1.54, 1.807) is 6.92 Å². The van der Waals surface area contributed by atoms with Gasteiger partial charge in [-0.05, 0) is 6.92 Å². The molecular weight excluding hydrogens is 272 g/mol. The first-order chi connectivity index (χ1) is 8.41. The fourth-order valence-electron chi connectivity index (χ4n) is 1.76. The van der Waals surface area contributed by atoms with Crippen LogP contribution in [0.5, 0.6) is 0 Å². The third kappa shape index (κ3) is 2.72. The monoisotopic (exact) mass is 288 g/mol. The SMILES string of the molecule is CC(C(Cc1cn2ccsc2n1)NN)S(C)(=O)=O. The molecule has 0 aliphatic heterocycles. The number of nitrogens with zero attached hydrogens (tertiary/aromatic N) is 2. The fourth-order valence-corrected chi connectivity index (χ4v) is 3.25. The molecule has 8 heteroatoms. The zero-order chi connectivity index (χ0) is 13.3. The van der Waals surface area contributed by atoms with Gasteiger partial charge in [0.2, 0.25) is 0 Å². The van der Waals surface area contributed by atoms with Crippen LogP contribution in [-0.2, 0) is 16.3 Å². The molecule has 0 saturated carbocycles. The van der Waals surface area contributed by atoms with Crippen molar-refractivity contribution in [2.45, 2.75) is 24.6 Å². The predicted octanol–water partition coefficient (Wildman–Crippen LogP) is 0.203. The van der Waals surface area contributed by atoms with Crippen LogP contribution in [0.15, 0.2) is 17.8 Å². The highest BCUT2D eigenvalue weighted by molar-refractivity contribution is 7.91. The zero-order valence-electron chi connectivity index (χ0n) is 10.2. The third-order valence-corrected chi connectivity index (χ3v) is 5.48. The number of hydrazine groups is 1. The smallest absolute Gasteiger partial charge is 0.193 e. The summed E-state index contributed by atoms with van der Waals surface area (Å²) in [6, 6.07) is -0.343. The first-order valence-corrected chi connectivity index (χ1v) is 8.31. The van der Waals surface area contributed by atoms with Gasteiger partial charge in [-0.2, -0.15) is 0 Å². The summed E-state index contributed by atoms with van der Waals surface area (Å²) in [5.74, 6) is 5.44. The molecule has 2 atom stereocenters. The predicted molar refractivity (Wildman–Crippen MR) is 72.2 cm³/mol. The highest BCUT2D eigenvalue weighted by Crippen LogP contribution is 2.14. The summed E-state index contributed by atoms with van der Waals surface area (Å²) in [7, 11) is -3.13. The molecule has 2 aromatic rings. The highest BCUT2D eigenvalue weighted by atomic mass is 32.2. The van der Waals surface area contributed by atoms with Gasteiger partial charge in [0, 0.05) is 36.5 Å². The van der Waals surface area contributed by atoms with Crippen molar-refractivity contribution >= 4 is 26.1 Å². The molecule has 0 spiro atoms. The molecule has 0 radical (unpaired) electrons. The molecule has 0 bridgehead atoms. The third-order valence-electron chi connectivity index (χ3n) is 3.03. The Labute approximate surface area is 110 Å². The van der Waals surface area contributed by atoms with Gasteiger partial charge < -0.3 is 0 Å². The summed E-state index contributed by atoms with van der Waals surface area (Å²) in [4.78, 5) is 5.31. The second kappa shape index (κ2) is 4.96. The van der Waals surface area contributed by atoms with E-state index in [-0.39, 0.29) is 6.04 Å². The van der Waals surface area contributed by atoms with E-state index in [1.807, 2.05) is 22.2 Å².